The van der Waals surface area contributed by atoms with Gasteiger partial charge in [0.05, 0.1) is 5.92 Å². The van der Waals surface area contributed by atoms with Gasteiger partial charge in [-0.15, -0.1) is 0 Å². The molecule has 0 heterocycles. The largest absolute Gasteiger partial charge is 0.481 e. The van der Waals surface area contributed by atoms with Gasteiger partial charge in [-0.3, -0.25) is 9.59 Å². The first-order chi connectivity index (χ1) is 16.4. The first-order valence-corrected chi connectivity index (χ1v) is 11.7. The van der Waals surface area contributed by atoms with Crippen LogP contribution in [0.15, 0.2) is 60.7 Å². The molecule has 0 bridgehead atoms. The van der Waals surface area contributed by atoms with Gasteiger partial charge in [0, 0.05) is 24.4 Å². The molecule has 34 heavy (non-hydrogen) atoms. The lowest BCUT2D eigenvalue weighted by molar-refractivity contribution is -0.142. The Kier molecular flexibility index (Phi) is 7.30. The minimum Gasteiger partial charge on any atom is -0.481 e. The highest BCUT2D eigenvalue weighted by Crippen LogP contribution is 2.44. The molecule has 0 saturated heterocycles. The minimum absolute atomic E-state index is 0.00240. The quantitative estimate of drug-likeness (QED) is 0.509. The van der Waals surface area contributed by atoms with Gasteiger partial charge in [-0.05, 0) is 48.4 Å². The molecule has 0 radical (unpaired) electrons. The normalized spacial score (nSPS) is 19.6. The molecule has 2 aromatic rings. The Morgan fingerprint density at radius 2 is 1.71 bits per heavy atom. The second-order valence-electron chi connectivity index (χ2n) is 9.02. The van der Waals surface area contributed by atoms with Crippen molar-refractivity contribution in [3.63, 3.8) is 0 Å². The van der Waals surface area contributed by atoms with Crippen LogP contribution in [-0.2, 0) is 14.3 Å². The van der Waals surface area contributed by atoms with Crippen molar-refractivity contribution in [3.8, 4) is 11.1 Å². The summed E-state index contributed by atoms with van der Waals surface area (Å²) >= 11 is 0. The molecule has 0 spiro atoms. The number of carboxylic acids is 1. The summed E-state index contributed by atoms with van der Waals surface area (Å²) in [4.78, 5) is 35.8. The monoisotopic (exact) mass is 462 g/mol. The van der Waals surface area contributed by atoms with Crippen LogP contribution < -0.4 is 10.6 Å². The predicted octanol–water partition coefficient (Wildman–Crippen LogP) is 4.23. The molecule has 0 saturated carbocycles. The fraction of sp³-hybridized carbons (Fsp3) is 0.370. The molecule has 2 amide bonds. The zero-order valence-corrected chi connectivity index (χ0v) is 19.2. The standard InChI is InChI=1S/C27H30N2O5/c1-17(13-14-25(30)29-19-8-6-7-18(15-19)26(31)32)28-27(33)34-16-24-22-11-4-2-9-20(22)21-10-3-5-12-23(21)24/h2-6,8-12,17-19,24H,7,13-16H2,1H3,(H,28,33)(H,29,30)(H,31,32). The first kappa shape index (κ1) is 23.5. The highest BCUT2D eigenvalue weighted by Gasteiger charge is 2.29. The van der Waals surface area contributed by atoms with Gasteiger partial charge in [-0.25, -0.2) is 4.79 Å². The Balaban J connectivity index is 1.22. The Hall–Kier alpha value is -3.61. The van der Waals surface area contributed by atoms with Gasteiger partial charge < -0.3 is 20.5 Å². The number of nitrogens with one attached hydrogen (secondary N) is 2. The highest BCUT2D eigenvalue weighted by molar-refractivity contribution is 5.79. The van der Waals surface area contributed by atoms with E-state index < -0.39 is 18.0 Å². The van der Waals surface area contributed by atoms with E-state index in [0.717, 1.165) is 11.1 Å². The number of hydrogen-bond donors (Lipinski definition) is 3. The summed E-state index contributed by atoms with van der Waals surface area (Å²) in [5, 5.41) is 14.8. The van der Waals surface area contributed by atoms with Gasteiger partial charge in [0.25, 0.3) is 0 Å². The number of carboxylic acid groups (broad SMARTS) is 1. The fourth-order valence-electron chi connectivity index (χ4n) is 4.74. The lowest BCUT2D eigenvalue weighted by Gasteiger charge is -2.23. The lowest BCUT2D eigenvalue weighted by Crippen LogP contribution is -2.39. The molecule has 3 N–H and O–H groups in total. The minimum atomic E-state index is -0.843. The number of hydrogen-bond acceptors (Lipinski definition) is 4. The number of carbonyl (C=O) groups excluding carboxylic acids is 2. The van der Waals surface area contributed by atoms with Crippen molar-refractivity contribution in [3.05, 3.63) is 71.8 Å². The van der Waals surface area contributed by atoms with Crippen molar-refractivity contribution in [2.45, 2.75) is 50.6 Å². The summed E-state index contributed by atoms with van der Waals surface area (Å²) in [5.74, 6) is -1.48. The maximum absolute atomic E-state index is 12.4. The maximum Gasteiger partial charge on any atom is 0.407 e. The van der Waals surface area contributed by atoms with E-state index >= 15 is 0 Å². The SMILES string of the molecule is CC(CCC(=O)NC1C=CCC(C(=O)O)C1)NC(=O)OCC1c2ccccc2-c2ccccc21. The number of aliphatic carboxylic acids is 1. The maximum atomic E-state index is 12.4. The number of carbonyl (C=O) groups is 3. The van der Waals surface area contributed by atoms with E-state index in [1.807, 2.05) is 37.3 Å². The second-order valence-corrected chi connectivity index (χ2v) is 9.02. The third-order valence-electron chi connectivity index (χ3n) is 6.54. The molecule has 7 nitrogen and oxygen atoms in total. The van der Waals surface area contributed by atoms with Crippen LogP contribution in [0, 0.1) is 5.92 Å². The number of alkyl carbamates (subject to hydrolysis) is 1. The molecule has 7 heteroatoms. The molecule has 2 aliphatic carbocycles. The van der Waals surface area contributed by atoms with Crippen LogP contribution in [0.5, 0.6) is 0 Å². The van der Waals surface area contributed by atoms with Crippen LogP contribution in [0.2, 0.25) is 0 Å². The van der Waals surface area contributed by atoms with Crippen molar-refractivity contribution < 1.29 is 24.2 Å². The first-order valence-electron chi connectivity index (χ1n) is 11.7. The third kappa shape index (κ3) is 5.47. The number of benzene rings is 2. The number of amides is 2. The molecule has 178 valence electrons. The summed E-state index contributed by atoms with van der Waals surface area (Å²) in [7, 11) is 0. The average Bonchev–Trinajstić information content (AvgIpc) is 3.15. The molecule has 0 aliphatic heterocycles. The van der Waals surface area contributed by atoms with Crippen LogP contribution >= 0.6 is 0 Å². The van der Waals surface area contributed by atoms with Gasteiger partial charge in [0.2, 0.25) is 5.91 Å². The Labute approximate surface area is 199 Å². The summed E-state index contributed by atoms with van der Waals surface area (Å²) in [6.07, 6.45) is 4.70. The van der Waals surface area contributed by atoms with Crippen LogP contribution in [0.1, 0.15) is 49.7 Å². The van der Waals surface area contributed by atoms with Gasteiger partial charge in [-0.2, -0.15) is 0 Å². The fourth-order valence-corrected chi connectivity index (χ4v) is 4.74. The number of allylic oxidation sites excluding steroid dienone is 1. The van der Waals surface area contributed by atoms with Crippen LogP contribution in [0.25, 0.3) is 11.1 Å². The Morgan fingerprint density at radius 3 is 2.35 bits per heavy atom. The molecular formula is C27H30N2O5. The lowest BCUT2D eigenvalue weighted by atomic mass is 9.91. The van der Waals surface area contributed by atoms with E-state index in [1.54, 1.807) is 6.08 Å². The van der Waals surface area contributed by atoms with Crippen LogP contribution in [0.4, 0.5) is 4.79 Å². The Bertz CT molecular complexity index is 1050. The molecule has 3 atom stereocenters. The van der Waals surface area contributed by atoms with Gasteiger partial charge in [0.1, 0.15) is 6.61 Å². The molecule has 2 aliphatic rings. The molecule has 3 unspecified atom stereocenters. The van der Waals surface area contributed by atoms with Crippen molar-refractivity contribution >= 4 is 18.0 Å². The van der Waals surface area contributed by atoms with Crippen LogP contribution in [0.3, 0.4) is 0 Å². The molecule has 2 aromatic carbocycles. The van der Waals surface area contributed by atoms with Gasteiger partial charge >= 0.3 is 12.1 Å². The van der Waals surface area contributed by atoms with E-state index in [-0.39, 0.29) is 36.9 Å². The number of rotatable bonds is 8. The average molecular weight is 463 g/mol. The van der Waals surface area contributed by atoms with Crippen LogP contribution in [-0.4, -0.2) is 41.8 Å². The predicted molar refractivity (Wildman–Crippen MR) is 128 cm³/mol. The Morgan fingerprint density at radius 1 is 1.06 bits per heavy atom. The van der Waals surface area contributed by atoms with Crippen molar-refractivity contribution in [2.24, 2.45) is 5.92 Å². The van der Waals surface area contributed by atoms with E-state index in [9.17, 15) is 14.4 Å². The molecule has 0 fully saturated rings. The molecule has 0 aromatic heterocycles. The summed E-state index contributed by atoms with van der Waals surface area (Å²) in [6, 6.07) is 15.8. The molecule has 4 rings (SSSR count). The summed E-state index contributed by atoms with van der Waals surface area (Å²) in [6.45, 7) is 2.07. The number of fused-ring (bicyclic) bond motifs is 3. The summed E-state index contributed by atoms with van der Waals surface area (Å²) < 4.78 is 5.56. The molecular weight excluding hydrogens is 432 g/mol. The van der Waals surface area contributed by atoms with Crippen molar-refractivity contribution in [1.29, 1.82) is 0 Å². The van der Waals surface area contributed by atoms with Crippen molar-refractivity contribution in [2.75, 3.05) is 6.61 Å². The second kappa shape index (κ2) is 10.5. The van der Waals surface area contributed by atoms with Crippen molar-refractivity contribution in [1.82, 2.24) is 10.6 Å². The zero-order chi connectivity index (χ0) is 24.1. The summed E-state index contributed by atoms with van der Waals surface area (Å²) in [5.41, 5.74) is 4.66. The smallest absolute Gasteiger partial charge is 0.407 e. The zero-order valence-electron chi connectivity index (χ0n) is 19.2. The van der Waals surface area contributed by atoms with E-state index in [1.165, 1.54) is 11.1 Å². The third-order valence-corrected chi connectivity index (χ3v) is 6.54. The van der Waals surface area contributed by atoms with E-state index in [0.29, 0.717) is 19.3 Å². The highest BCUT2D eigenvalue weighted by atomic mass is 16.5. The topological polar surface area (TPSA) is 105 Å². The van der Waals surface area contributed by atoms with E-state index in [4.69, 9.17) is 9.84 Å². The van der Waals surface area contributed by atoms with Gasteiger partial charge in [0.15, 0.2) is 0 Å². The number of ether oxygens (including phenoxy) is 1. The van der Waals surface area contributed by atoms with Gasteiger partial charge in [-0.1, -0.05) is 60.7 Å². The van der Waals surface area contributed by atoms with E-state index in [2.05, 4.69) is 34.9 Å².